The Balaban J connectivity index is 4.39. The molecule has 0 fully saturated rings. The van der Waals surface area contributed by atoms with Gasteiger partial charge in [0.2, 0.25) is 10.3 Å². The SMILES string of the molecule is O[C@@H](C(Cl)(Cl)Cl)P(O)(O)=S. The summed E-state index contributed by atoms with van der Waals surface area (Å²) in [5.41, 5.74) is 0. The van der Waals surface area contributed by atoms with Gasteiger partial charge in [0.1, 0.15) is 0 Å². The quantitative estimate of drug-likeness (QED) is 0.476. The number of hydrogen-bond acceptors (Lipinski definition) is 2. The fourth-order valence-electron chi connectivity index (χ4n) is 0.191. The molecule has 0 bridgehead atoms. The molecule has 0 amide bonds. The lowest BCUT2D eigenvalue weighted by atomic mass is 10.8. The van der Waals surface area contributed by atoms with Crippen LogP contribution in [0.3, 0.4) is 0 Å². The summed E-state index contributed by atoms with van der Waals surface area (Å²) in [6, 6.07) is 0. The zero-order chi connectivity index (χ0) is 8.58. The van der Waals surface area contributed by atoms with Gasteiger partial charge in [-0.2, -0.15) is 0 Å². The first-order valence-electron chi connectivity index (χ1n) is 1.95. The van der Waals surface area contributed by atoms with Gasteiger partial charge in [-0.1, -0.05) is 34.8 Å². The van der Waals surface area contributed by atoms with Crippen molar-refractivity contribution in [3.05, 3.63) is 0 Å². The van der Waals surface area contributed by atoms with Crippen LogP contribution in [0.4, 0.5) is 0 Å². The van der Waals surface area contributed by atoms with Gasteiger partial charge >= 0.3 is 0 Å². The molecule has 0 aliphatic carbocycles. The third-order valence-electron chi connectivity index (χ3n) is 0.611. The zero-order valence-corrected chi connectivity index (χ0v) is 8.39. The summed E-state index contributed by atoms with van der Waals surface area (Å²) < 4.78 is -2.14. The van der Waals surface area contributed by atoms with Crippen molar-refractivity contribution in [3.63, 3.8) is 0 Å². The molecule has 62 valence electrons. The Morgan fingerprint density at radius 1 is 1.30 bits per heavy atom. The van der Waals surface area contributed by atoms with Gasteiger partial charge in [-0.15, -0.1) is 0 Å². The van der Waals surface area contributed by atoms with Gasteiger partial charge in [-0.05, 0) is 11.8 Å². The third-order valence-corrected chi connectivity index (χ3v) is 3.31. The van der Waals surface area contributed by atoms with Crippen LogP contribution in [-0.2, 0) is 11.8 Å². The maximum atomic E-state index is 8.77. The van der Waals surface area contributed by atoms with Crippen molar-refractivity contribution in [2.24, 2.45) is 0 Å². The molecule has 0 aromatic rings. The summed E-state index contributed by atoms with van der Waals surface area (Å²) in [4.78, 5) is 17.2. The van der Waals surface area contributed by atoms with Crippen molar-refractivity contribution < 1.29 is 14.9 Å². The van der Waals surface area contributed by atoms with Crippen LogP contribution < -0.4 is 0 Å². The summed E-state index contributed by atoms with van der Waals surface area (Å²) in [7, 11) is 0. The first-order valence-corrected chi connectivity index (χ1v) is 5.87. The lowest BCUT2D eigenvalue weighted by molar-refractivity contribution is 0.230. The molecule has 0 aliphatic heterocycles. The summed E-state index contributed by atoms with van der Waals surface area (Å²) in [5.74, 6) is -1.90. The monoisotopic (exact) mass is 244 g/mol. The fourth-order valence-corrected chi connectivity index (χ4v) is 2.79. The predicted molar refractivity (Wildman–Crippen MR) is 45.0 cm³/mol. The van der Waals surface area contributed by atoms with Gasteiger partial charge in [0.25, 0.3) is 0 Å². The highest BCUT2D eigenvalue weighted by molar-refractivity contribution is 8.09. The van der Waals surface area contributed by atoms with Gasteiger partial charge < -0.3 is 14.9 Å². The maximum Gasteiger partial charge on any atom is 0.225 e. The Labute approximate surface area is 77.7 Å². The lowest BCUT2D eigenvalue weighted by Crippen LogP contribution is -2.24. The number of aliphatic hydroxyl groups is 1. The van der Waals surface area contributed by atoms with Crippen LogP contribution in [0.25, 0.3) is 0 Å². The average molecular weight is 245 g/mol. The highest BCUT2D eigenvalue weighted by Crippen LogP contribution is 2.50. The largest absolute Gasteiger partial charge is 0.379 e. The second-order valence-corrected chi connectivity index (χ2v) is 7.15. The molecule has 0 rings (SSSR count). The van der Waals surface area contributed by atoms with Crippen LogP contribution in [0.2, 0.25) is 0 Å². The molecule has 0 spiro atoms. The summed E-state index contributed by atoms with van der Waals surface area (Å²) in [5, 5.41) is 8.77. The van der Waals surface area contributed by atoms with Crippen LogP contribution in [0.1, 0.15) is 0 Å². The molecule has 3 N–H and O–H groups in total. The van der Waals surface area contributed by atoms with E-state index in [9.17, 15) is 0 Å². The number of hydrogen-bond donors (Lipinski definition) is 3. The Hall–Kier alpha value is 1.40. The fraction of sp³-hybridized carbons (Fsp3) is 1.00. The van der Waals surface area contributed by atoms with Crippen molar-refractivity contribution in [2.75, 3.05) is 0 Å². The highest BCUT2D eigenvalue weighted by Gasteiger charge is 2.40. The van der Waals surface area contributed by atoms with Crippen LogP contribution in [0.5, 0.6) is 0 Å². The van der Waals surface area contributed by atoms with Gasteiger partial charge in [0.15, 0.2) is 5.85 Å². The normalized spacial score (nSPS) is 17.0. The van der Waals surface area contributed by atoms with E-state index in [0.717, 1.165) is 0 Å². The molecular weight excluding hydrogens is 241 g/mol. The topological polar surface area (TPSA) is 60.7 Å². The Morgan fingerprint density at radius 2 is 1.60 bits per heavy atom. The molecule has 1 atom stereocenters. The average Bonchev–Trinajstić information content (AvgIpc) is 1.59. The first-order chi connectivity index (χ1) is 4.15. The van der Waals surface area contributed by atoms with Crippen molar-refractivity contribution >= 4 is 53.1 Å². The molecule has 0 aromatic carbocycles. The third kappa shape index (κ3) is 3.69. The van der Waals surface area contributed by atoms with Crippen LogP contribution in [-0.4, -0.2) is 24.5 Å². The molecule has 3 nitrogen and oxygen atoms in total. The van der Waals surface area contributed by atoms with E-state index in [1.165, 1.54) is 0 Å². The van der Waals surface area contributed by atoms with Gasteiger partial charge in [-0.25, -0.2) is 0 Å². The molecule has 0 heterocycles. The zero-order valence-electron chi connectivity index (χ0n) is 4.41. The first kappa shape index (κ1) is 11.4. The highest BCUT2D eigenvalue weighted by atomic mass is 35.6. The van der Waals surface area contributed by atoms with E-state index in [4.69, 9.17) is 49.7 Å². The van der Waals surface area contributed by atoms with Crippen molar-refractivity contribution in [2.45, 2.75) is 9.64 Å². The Morgan fingerprint density at radius 3 is 1.60 bits per heavy atom. The molecule has 0 aliphatic rings. The summed E-state index contributed by atoms with van der Waals surface area (Å²) in [6.07, 6.45) is 0. The second-order valence-electron chi connectivity index (χ2n) is 1.50. The lowest BCUT2D eigenvalue weighted by Gasteiger charge is -2.21. The molecule has 10 heavy (non-hydrogen) atoms. The van der Waals surface area contributed by atoms with E-state index in [0.29, 0.717) is 0 Å². The number of rotatable bonds is 1. The number of alkyl halides is 3. The summed E-state index contributed by atoms with van der Waals surface area (Å²) in [6.45, 7) is -3.89. The van der Waals surface area contributed by atoms with Gasteiger partial charge in [0.05, 0.1) is 0 Å². The van der Waals surface area contributed by atoms with Crippen molar-refractivity contribution in [1.29, 1.82) is 0 Å². The van der Waals surface area contributed by atoms with E-state index in [1.807, 2.05) is 0 Å². The molecule has 8 heteroatoms. The van der Waals surface area contributed by atoms with E-state index in [1.54, 1.807) is 0 Å². The van der Waals surface area contributed by atoms with Crippen LogP contribution >= 0.6 is 41.3 Å². The molecule has 0 aromatic heterocycles. The predicted octanol–water partition coefficient (Wildman–Crippen LogP) is 0.969. The van der Waals surface area contributed by atoms with Gasteiger partial charge in [0, 0.05) is 0 Å². The molecule has 0 radical (unpaired) electrons. The maximum absolute atomic E-state index is 8.77. The smallest absolute Gasteiger partial charge is 0.225 e. The summed E-state index contributed by atoms with van der Waals surface area (Å²) >= 11 is 19.3. The molecular formula is C2H4Cl3O3PS. The van der Waals surface area contributed by atoms with E-state index in [2.05, 4.69) is 11.8 Å². The minimum Gasteiger partial charge on any atom is -0.379 e. The van der Waals surface area contributed by atoms with E-state index in [-0.39, 0.29) is 0 Å². The Bertz CT molecular complexity index is 162. The van der Waals surface area contributed by atoms with E-state index < -0.39 is 16.1 Å². The minimum atomic E-state index is -3.89. The number of halogens is 3. The minimum absolute atomic E-state index is 1.90. The molecule has 0 saturated carbocycles. The molecule has 0 unspecified atom stereocenters. The van der Waals surface area contributed by atoms with Crippen molar-refractivity contribution in [1.82, 2.24) is 0 Å². The second kappa shape index (κ2) is 3.42. The van der Waals surface area contributed by atoms with Gasteiger partial charge in [-0.3, -0.25) is 0 Å². The standard InChI is InChI=1S/C2H4Cl3O3PS/c3-2(4,5)1(6)9(7,8)10/h1,6H,(H2,7,8,10)/t1-/m1/s1. The van der Waals surface area contributed by atoms with Crippen molar-refractivity contribution in [3.8, 4) is 0 Å². The number of aliphatic hydroxyl groups excluding tert-OH is 1. The van der Waals surface area contributed by atoms with Crippen LogP contribution in [0.15, 0.2) is 0 Å². The van der Waals surface area contributed by atoms with E-state index >= 15 is 0 Å². The van der Waals surface area contributed by atoms with Crippen LogP contribution in [0, 0.1) is 0 Å². The Kier molecular flexibility index (Phi) is 3.89. The molecule has 0 saturated heterocycles.